The van der Waals surface area contributed by atoms with Gasteiger partial charge in [-0.3, -0.25) is 14.5 Å². The Morgan fingerprint density at radius 3 is 2.76 bits per heavy atom. The third kappa shape index (κ3) is 2.27. The number of amides is 2. The summed E-state index contributed by atoms with van der Waals surface area (Å²) in [6, 6.07) is 8.13. The summed E-state index contributed by atoms with van der Waals surface area (Å²) in [6.45, 7) is 1.21. The molecule has 0 radical (unpaired) electrons. The summed E-state index contributed by atoms with van der Waals surface area (Å²) in [4.78, 5) is 28.8. The molecule has 4 nitrogen and oxygen atoms in total. The predicted molar refractivity (Wildman–Crippen MR) is 80.9 cm³/mol. The largest absolute Gasteiger partial charge is 0.308 e. The van der Waals surface area contributed by atoms with Crippen molar-refractivity contribution in [1.82, 2.24) is 9.80 Å². The molecule has 1 aliphatic carbocycles. The Hall–Kier alpha value is -1.68. The summed E-state index contributed by atoms with van der Waals surface area (Å²) in [5.41, 5.74) is 1.74. The first-order valence-electron chi connectivity index (χ1n) is 7.62. The highest BCUT2D eigenvalue weighted by molar-refractivity contribution is 6.09. The van der Waals surface area contributed by atoms with Crippen molar-refractivity contribution >= 4 is 11.8 Å². The highest BCUT2D eigenvalue weighted by Gasteiger charge is 2.53. The van der Waals surface area contributed by atoms with Crippen molar-refractivity contribution in [2.24, 2.45) is 0 Å². The van der Waals surface area contributed by atoms with E-state index in [1.807, 2.05) is 37.2 Å². The summed E-state index contributed by atoms with van der Waals surface area (Å²) in [7, 11) is 3.91. The van der Waals surface area contributed by atoms with Crippen LogP contribution in [0.3, 0.4) is 0 Å². The van der Waals surface area contributed by atoms with Crippen LogP contribution in [0.4, 0.5) is 0 Å². The van der Waals surface area contributed by atoms with Gasteiger partial charge in [-0.2, -0.15) is 0 Å². The number of rotatable bonds is 3. The number of hydrogen-bond acceptors (Lipinski definition) is 3. The van der Waals surface area contributed by atoms with Gasteiger partial charge in [0.25, 0.3) is 0 Å². The smallest absolute Gasteiger partial charge is 0.240 e. The maximum absolute atomic E-state index is 13.0. The molecular formula is C17H22N2O2. The van der Waals surface area contributed by atoms with E-state index in [0.717, 1.165) is 31.4 Å². The molecule has 1 fully saturated rings. The Morgan fingerprint density at radius 1 is 1.24 bits per heavy atom. The molecule has 1 spiro atoms. The molecule has 0 bridgehead atoms. The number of imide groups is 1. The predicted octanol–water partition coefficient (Wildman–Crippen LogP) is 1.58. The highest BCUT2D eigenvalue weighted by Crippen LogP contribution is 2.45. The fraction of sp³-hybridized carbons (Fsp3) is 0.529. The Labute approximate surface area is 125 Å². The maximum atomic E-state index is 13.0. The van der Waals surface area contributed by atoms with Crippen LogP contribution in [-0.2, 0) is 21.4 Å². The van der Waals surface area contributed by atoms with Crippen LogP contribution in [0.1, 0.15) is 30.4 Å². The SMILES string of the molecule is CN(C)CCN1C(=O)CC2(CCCc3ccccc32)C1=O. The van der Waals surface area contributed by atoms with Crippen LogP contribution in [0, 0.1) is 0 Å². The normalized spacial score (nSPS) is 25.0. The van der Waals surface area contributed by atoms with Crippen LogP contribution in [0.25, 0.3) is 0 Å². The van der Waals surface area contributed by atoms with Crippen molar-refractivity contribution < 1.29 is 9.59 Å². The van der Waals surface area contributed by atoms with E-state index in [1.54, 1.807) is 0 Å². The Bertz CT molecular complexity index is 582. The number of likely N-dealkylation sites (N-methyl/N-ethyl adjacent to an activating group) is 1. The number of carbonyl (C=O) groups excluding carboxylic acids is 2. The minimum absolute atomic E-state index is 0.0152. The first kappa shape index (κ1) is 14.3. The fourth-order valence-corrected chi connectivity index (χ4v) is 3.65. The van der Waals surface area contributed by atoms with E-state index < -0.39 is 5.41 Å². The van der Waals surface area contributed by atoms with E-state index >= 15 is 0 Å². The number of likely N-dealkylation sites (tertiary alicyclic amines) is 1. The molecule has 1 aromatic carbocycles. The zero-order valence-electron chi connectivity index (χ0n) is 12.8. The van der Waals surface area contributed by atoms with Gasteiger partial charge in [-0.15, -0.1) is 0 Å². The molecule has 1 saturated heterocycles. The number of aryl methyl sites for hydroxylation is 1. The molecule has 1 aromatic rings. The van der Waals surface area contributed by atoms with E-state index in [9.17, 15) is 9.59 Å². The van der Waals surface area contributed by atoms with Gasteiger partial charge in [0.15, 0.2) is 0 Å². The van der Waals surface area contributed by atoms with Crippen molar-refractivity contribution in [2.45, 2.75) is 31.1 Å². The molecule has 0 saturated carbocycles. The highest BCUT2D eigenvalue weighted by atomic mass is 16.2. The van der Waals surface area contributed by atoms with Crippen LogP contribution in [0.15, 0.2) is 24.3 Å². The van der Waals surface area contributed by atoms with Crippen LogP contribution in [0.5, 0.6) is 0 Å². The summed E-state index contributed by atoms with van der Waals surface area (Å²) in [6.07, 6.45) is 3.14. The second kappa shape index (κ2) is 5.26. The molecule has 1 atom stereocenters. The van der Waals surface area contributed by atoms with Crippen LogP contribution in [0.2, 0.25) is 0 Å². The summed E-state index contributed by atoms with van der Waals surface area (Å²) < 4.78 is 0. The number of carbonyl (C=O) groups is 2. The molecule has 0 N–H and O–H groups in total. The first-order valence-corrected chi connectivity index (χ1v) is 7.62. The molecule has 112 valence electrons. The van der Waals surface area contributed by atoms with E-state index in [1.165, 1.54) is 10.5 Å². The van der Waals surface area contributed by atoms with Gasteiger partial charge in [0.05, 0.1) is 5.41 Å². The summed E-state index contributed by atoms with van der Waals surface area (Å²) >= 11 is 0. The minimum atomic E-state index is -0.585. The second-order valence-corrected chi connectivity index (χ2v) is 6.42. The lowest BCUT2D eigenvalue weighted by Gasteiger charge is -2.33. The summed E-state index contributed by atoms with van der Waals surface area (Å²) in [5, 5.41) is 0. The third-order valence-corrected chi connectivity index (χ3v) is 4.76. The second-order valence-electron chi connectivity index (χ2n) is 6.42. The zero-order valence-corrected chi connectivity index (χ0v) is 12.8. The Balaban J connectivity index is 1.94. The first-order chi connectivity index (χ1) is 10.0. The molecule has 1 aliphatic heterocycles. The standard InChI is InChI=1S/C17H22N2O2/c1-18(2)10-11-19-15(20)12-17(16(19)21)9-5-7-13-6-3-4-8-14(13)17/h3-4,6,8H,5,7,9-12H2,1-2H3. The van der Waals surface area contributed by atoms with Crippen molar-refractivity contribution in [3.63, 3.8) is 0 Å². The van der Waals surface area contributed by atoms with Gasteiger partial charge >= 0.3 is 0 Å². The number of fused-ring (bicyclic) bond motifs is 2. The van der Waals surface area contributed by atoms with Gasteiger partial charge in [-0.1, -0.05) is 24.3 Å². The monoisotopic (exact) mass is 286 g/mol. The lowest BCUT2D eigenvalue weighted by atomic mass is 9.69. The molecule has 2 aliphatic rings. The van der Waals surface area contributed by atoms with Crippen molar-refractivity contribution in [1.29, 1.82) is 0 Å². The number of nitrogens with zero attached hydrogens (tertiary/aromatic N) is 2. The van der Waals surface area contributed by atoms with Gasteiger partial charge in [0, 0.05) is 19.5 Å². The number of hydrogen-bond donors (Lipinski definition) is 0. The van der Waals surface area contributed by atoms with E-state index in [-0.39, 0.29) is 11.8 Å². The quantitative estimate of drug-likeness (QED) is 0.792. The molecule has 2 amide bonds. The van der Waals surface area contributed by atoms with Crippen molar-refractivity contribution in [3.05, 3.63) is 35.4 Å². The molecule has 1 heterocycles. The fourth-order valence-electron chi connectivity index (χ4n) is 3.65. The molecule has 21 heavy (non-hydrogen) atoms. The van der Waals surface area contributed by atoms with Crippen molar-refractivity contribution in [3.8, 4) is 0 Å². The number of benzene rings is 1. The van der Waals surface area contributed by atoms with Gasteiger partial charge in [-0.05, 0) is 44.5 Å². The van der Waals surface area contributed by atoms with Gasteiger partial charge in [-0.25, -0.2) is 0 Å². The van der Waals surface area contributed by atoms with Crippen LogP contribution < -0.4 is 0 Å². The third-order valence-electron chi connectivity index (χ3n) is 4.76. The molecule has 1 unspecified atom stereocenters. The maximum Gasteiger partial charge on any atom is 0.240 e. The van der Waals surface area contributed by atoms with Crippen LogP contribution >= 0.6 is 0 Å². The topological polar surface area (TPSA) is 40.6 Å². The van der Waals surface area contributed by atoms with Crippen LogP contribution in [-0.4, -0.2) is 48.8 Å². The molecular weight excluding hydrogens is 264 g/mol. The molecule has 4 heteroatoms. The van der Waals surface area contributed by atoms with E-state index in [0.29, 0.717) is 13.0 Å². The van der Waals surface area contributed by atoms with E-state index in [4.69, 9.17) is 0 Å². The van der Waals surface area contributed by atoms with Gasteiger partial charge in [0.1, 0.15) is 0 Å². The zero-order chi connectivity index (χ0) is 15.0. The Kier molecular flexibility index (Phi) is 3.57. The van der Waals surface area contributed by atoms with Gasteiger partial charge < -0.3 is 4.90 Å². The Morgan fingerprint density at radius 2 is 2.00 bits per heavy atom. The molecule has 3 rings (SSSR count). The molecule has 0 aromatic heterocycles. The minimum Gasteiger partial charge on any atom is -0.308 e. The lowest BCUT2D eigenvalue weighted by molar-refractivity contribution is -0.140. The average molecular weight is 286 g/mol. The average Bonchev–Trinajstić information content (AvgIpc) is 2.69. The summed E-state index contributed by atoms with van der Waals surface area (Å²) in [5.74, 6) is 0.0000491. The van der Waals surface area contributed by atoms with Gasteiger partial charge in [0.2, 0.25) is 11.8 Å². The van der Waals surface area contributed by atoms with E-state index in [2.05, 4.69) is 6.07 Å². The lowest BCUT2D eigenvalue weighted by Crippen LogP contribution is -2.42. The van der Waals surface area contributed by atoms with Crippen molar-refractivity contribution in [2.75, 3.05) is 27.2 Å².